The summed E-state index contributed by atoms with van der Waals surface area (Å²) in [6, 6.07) is 3.12. The van der Waals surface area contributed by atoms with Crippen LogP contribution in [0.2, 0.25) is 0 Å². The van der Waals surface area contributed by atoms with E-state index in [1.54, 1.807) is 17.5 Å². The SMILES string of the molecule is CCC(CC(=O)O)NC(=O)c1csc(-c2ccco2)n1. The number of hydrogen-bond acceptors (Lipinski definition) is 5. The molecule has 1 unspecified atom stereocenters. The van der Waals surface area contributed by atoms with Crippen molar-refractivity contribution in [2.45, 2.75) is 25.8 Å². The Morgan fingerprint density at radius 1 is 1.55 bits per heavy atom. The maximum absolute atomic E-state index is 12.0. The molecule has 2 aromatic rings. The Morgan fingerprint density at radius 2 is 2.35 bits per heavy atom. The van der Waals surface area contributed by atoms with E-state index >= 15 is 0 Å². The van der Waals surface area contributed by atoms with Gasteiger partial charge in [-0.25, -0.2) is 4.98 Å². The second-order valence-corrected chi connectivity index (χ2v) is 5.05. The summed E-state index contributed by atoms with van der Waals surface area (Å²) < 4.78 is 5.21. The molecule has 106 valence electrons. The molecule has 7 heteroatoms. The normalized spacial score (nSPS) is 12.1. The lowest BCUT2D eigenvalue weighted by atomic mass is 10.1. The van der Waals surface area contributed by atoms with Crippen LogP contribution < -0.4 is 5.32 Å². The molecule has 0 radical (unpaired) electrons. The third-order valence-corrected chi connectivity index (χ3v) is 3.57. The van der Waals surface area contributed by atoms with Gasteiger partial charge in [0, 0.05) is 11.4 Å². The summed E-state index contributed by atoms with van der Waals surface area (Å²) in [6.45, 7) is 1.82. The van der Waals surface area contributed by atoms with Gasteiger partial charge in [-0.05, 0) is 18.6 Å². The van der Waals surface area contributed by atoms with E-state index in [1.807, 2.05) is 6.92 Å². The molecule has 6 nitrogen and oxygen atoms in total. The number of carbonyl (C=O) groups excluding carboxylic acids is 1. The van der Waals surface area contributed by atoms with Gasteiger partial charge >= 0.3 is 5.97 Å². The molecule has 0 fully saturated rings. The molecule has 0 aliphatic rings. The lowest BCUT2D eigenvalue weighted by molar-refractivity contribution is -0.137. The highest BCUT2D eigenvalue weighted by Crippen LogP contribution is 2.23. The third kappa shape index (κ3) is 3.45. The van der Waals surface area contributed by atoms with Crippen molar-refractivity contribution in [3.8, 4) is 10.8 Å². The predicted molar refractivity (Wildman–Crippen MR) is 73.6 cm³/mol. The number of nitrogens with one attached hydrogen (secondary N) is 1. The summed E-state index contributed by atoms with van der Waals surface area (Å²) in [4.78, 5) is 26.8. The van der Waals surface area contributed by atoms with Gasteiger partial charge in [0.1, 0.15) is 5.69 Å². The number of thiazole rings is 1. The fourth-order valence-corrected chi connectivity index (χ4v) is 2.43. The molecular weight excluding hydrogens is 280 g/mol. The molecule has 0 saturated heterocycles. The third-order valence-electron chi connectivity index (χ3n) is 2.72. The Bertz CT molecular complexity index is 591. The number of rotatable bonds is 6. The van der Waals surface area contributed by atoms with E-state index in [0.29, 0.717) is 17.2 Å². The van der Waals surface area contributed by atoms with E-state index < -0.39 is 12.0 Å². The average molecular weight is 294 g/mol. The van der Waals surface area contributed by atoms with Crippen molar-refractivity contribution >= 4 is 23.2 Å². The first-order valence-corrected chi connectivity index (χ1v) is 7.00. The van der Waals surface area contributed by atoms with Gasteiger partial charge in [0.2, 0.25) is 0 Å². The van der Waals surface area contributed by atoms with E-state index in [1.165, 1.54) is 17.6 Å². The van der Waals surface area contributed by atoms with Crippen molar-refractivity contribution in [1.82, 2.24) is 10.3 Å². The fraction of sp³-hybridized carbons (Fsp3) is 0.308. The highest BCUT2D eigenvalue weighted by Gasteiger charge is 2.18. The Morgan fingerprint density at radius 3 is 2.95 bits per heavy atom. The van der Waals surface area contributed by atoms with Gasteiger partial charge in [-0.15, -0.1) is 11.3 Å². The average Bonchev–Trinajstić information content (AvgIpc) is 3.07. The number of hydrogen-bond donors (Lipinski definition) is 2. The fourth-order valence-electron chi connectivity index (χ4n) is 1.66. The summed E-state index contributed by atoms with van der Waals surface area (Å²) in [5.74, 6) is -0.703. The number of carboxylic acid groups (broad SMARTS) is 1. The zero-order chi connectivity index (χ0) is 14.5. The van der Waals surface area contributed by atoms with E-state index in [0.717, 1.165) is 0 Å². The van der Waals surface area contributed by atoms with Crippen LogP contribution in [0.5, 0.6) is 0 Å². The van der Waals surface area contributed by atoms with Gasteiger partial charge in [-0.3, -0.25) is 9.59 Å². The highest BCUT2D eigenvalue weighted by molar-refractivity contribution is 7.13. The van der Waals surface area contributed by atoms with Crippen LogP contribution in [0.4, 0.5) is 0 Å². The highest BCUT2D eigenvalue weighted by atomic mass is 32.1. The molecular formula is C13H14N2O4S. The second kappa shape index (κ2) is 6.33. The van der Waals surface area contributed by atoms with Gasteiger partial charge in [-0.1, -0.05) is 6.92 Å². The van der Waals surface area contributed by atoms with Gasteiger partial charge < -0.3 is 14.8 Å². The summed E-state index contributed by atoms with van der Waals surface area (Å²) in [5.41, 5.74) is 0.269. The minimum atomic E-state index is -0.938. The van der Waals surface area contributed by atoms with Crippen LogP contribution in [0.25, 0.3) is 10.8 Å². The number of aliphatic carboxylic acids is 1. The van der Waals surface area contributed by atoms with E-state index in [4.69, 9.17) is 9.52 Å². The number of furan rings is 1. The Hall–Kier alpha value is -2.15. The first kappa shape index (κ1) is 14.3. The summed E-state index contributed by atoms with van der Waals surface area (Å²) in [6.07, 6.45) is 1.99. The topological polar surface area (TPSA) is 92.4 Å². The Kier molecular flexibility index (Phi) is 4.52. The first-order valence-electron chi connectivity index (χ1n) is 6.12. The lowest BCUT2D eigenvalue weighted by Crippen LogP contribution is -2.36. The summed E-state index contributed by atoms with van der Waals surface area (Å²) in [7, 11) is 0. The zero-order valence-electron chi connectivity index (χ0n) is 10.8. The van der Waals surface area contributed by atoms with Crippen molar-refractivity contribution in [3.05, 3.63) is 29.5 Å². The van der Waals surface area contributed by atoms with Crippen molar-refractivity contribution < 1.29 is 19.1 Å². The Labute approximate surface area is 119 Å². The van der Waals surface area contributed by atoms with E-state index in [2.05, 4.69) is 10.3 Å². The summed E-state index contributed by atoms with van der Waals surface area (Å²) >= 11 is 1.30. The number of carboxylic acids is 1. The number of aromatic nitrogens is 1. The maximum atomic E-state index is 12.0. The molecule has 2 N–H and O–H groups in total. The van der Waals surface area contributed by atoms with Crippen molar-refractivity contribution in [1.29, 1.82) is 0 Å². The number of carbonyl (C=O) groups is 2. The van der Waals surface area contributed by atoms with Crippen LogP contribution in [0.3, 0.4) is 0 Å². The second-order valence-electron chi connectivity index (χ2n) is 4.19. The minimum absolute atomic E-state index is 0.0998. The minimum Gasteiger partial charge on any atom is -0.481 e. The first-order chi connectivity index (χ1) is 9.60. The van der Waals surface area contributed by atoms with Crippen molar-refractivity contribution in [2.24, 2.45) is 0 Å². The Balaban J connectivity index is 2.04. The van der Waals surface area contributed by atoms with E-state index in [-0.39, 0.29) is 18.0 Å². The molecule has 2 heterocycles. The zero-order valence-corrected chi connectivity index (χ0v) is 11.6. The molecule has 0 aliphatic heterocycles. The molecule has 1 amide bonds. The molecule has 0 aliphatic carbocycles. The molecule has 2 aromatic heterocycles. The molecule has 20 heavy (non-hydrogen) atoms. The monoisotopic (exact) mass is 294 g/mol. The van der Waals surface area contributed by atoms with Crippen molar-refractivity contribution in [2.75, 3.05) is 0 Å². The molecule has 0 spiro atoms. The quantitative estimate of drug-likeness (QED) is 0.853. The van der Waals surface area contributed by atoms with Crippen LogP contribution >= 0.6 is 11.3 Å². The van der Waals surface area contributed by atoms with Crippen LogP contribution in [0.15, 0.2) is 28.2 Å². The number of nitrogens with zero attached hydrogens (tertiary/aromatic N) is 1. The van der Waals surface area contributed by atoms with Crippen molar-refractivity contribution in [3.63, 3.8) is 0 Å². The van der Waals surface area contributed by atoms with Crippen LogP contribution in [0, 0.1) is 0 Å². The lowest BCUT2D eigenvalue weighted by Gasteiger charge is -2.13. The van der Waals surface area contributed by atoms with Gasteiger partial charge in [-0.2, -0.15) is 0 Å². The van der Waals surface area contributed by atoms with Gasteiger partial charge in [0.25, 0.3) is 5.91 Å². The molecule has 0 saturated carbocycles. The van der Waals surface area contributed by atoms with Gasteiger partial charge in [0.05, 0.1) is 12.7 Å². The number of amides is 1. The maximum Gasteiger partial charge on any atom is 0.305 e. The predicted octanol–water partition coefficient (Wildman–Crippen LogP) is 2.39. The standard InChI is InChI=1S/C13H14N2O4S/c1-2-8(6-11(16)17)14-12(18)9-7-20-13(15-9)10-4-3-5-19-10/h3-5,7-8H,2,6H2,1H3,(H,14,18)(H,16,17). The largest absolute Gasteiger partial charge is 0.481 e. The van der Waals surface area contributed by atoms with Crippen LogP contribution in [0.1, 0.15) is 30.3 Å². The summed E-state index contributed by atoms with van der Waals surface area (Å²) in [5, 5.41) is 13.7. The van der Waals surface area contributed by atoms with Crippen LogP contribution in [-0.2, 0) is 4.79 Å². The molecule has 0 aromatic carbocycles. The molecule has 0 bridgehead atoms. The molecule has 2 rings (SSSR count). The van der Waals surface area contributed by atoms with Gasteiger partial charge in [0.15, 0.2) is 10.8 Å². The van der Waals surface area contributed by atoms with Crippen LogP contribution in [-0.4, -0.2) is 28.0 Å². The molecule has 1 atom stereocenters. The van der Waals surface area contributed by atoms with E-state index in [9.17, 15) is 9.59 Å². The smallest absolute Gasteiger partial charge is 0.305 e.